The SMILES string of the molecule is O/N=C(/c1c(C(F)(F)F)nn(-c2ccccc2)c1Cl)N1CCCCC1. The first-order valence-corrected chi connectivity index (χ1v) is 8.20. The van der Waals surface area contributed by atoms with Gasteiger partial charge in [0, 0.05) is 13.1 Å². The third-order valence-corrected chi connectivity index (χ3v) is 4.42. The van der Waals surface area contributed by atoms with Gasteiger partial charge in [0.25, 0.3) is 0 Å². The van der Waals surface area contributed by atoms with Gasteiger partial charge in [0.1, 0.15) is 5.15 Å². The summed E-state index contributed by atoms with van der Waals surface area (Å²) in [7, 11) is 0. The van der Waals surface area contributed by atoms with Gasteiger partial charge in [-0.1, -0.05) is 35.0 Å². The fourth-order valence-electron chi connectivity index (χ4n) is 2.91. The minimum Gasteiger partial charge on any atom is -0.409 e. The number of alkyl halides is 3. The first-order chi connectivity index (χ1) is 11.9. The molecule has 5 nitrogen and oxygen atoms in total. The van der Waals surface area contributed by atoms with Gasteiger partial charge in [-0.05, 0) is 31.4 Å². The number of aromatic nitrogens is 2. The summed E-state index contributed by atoms with van der Waals surface area (Å²) in [5.41, 5.74) is -1.18. The molecule has 1 aliphatic rings. The van der Waals surface area contributed by atoms with E-state index in [4.69, 9.17) is 11.6 Å². The number of amidine groups is 1. The van der Waals surface area contributed by atoms with E-state index in [9.17, 15) is 18.4 Å². The summed E-state index contributed by atoms with van der Waals surface area (Å²) in [5.74, 6) is -0.195. The number of halogens is 4. The highest BCUT2D eigenvalue weighted by molar-refractivity contribution is 6.33. The van der Waals surface area contributed by atoms with Crippen molar-refractivity contribution in [3.05, 3.63) is 46.7 Å². The Morgan fingerprint density at radius 1 is 1.12 bits per heavy atom. The van der Waals surface area contributed by atoms with Crippen LogP contribution in [0.2, 0.25) is 5.15 Å². The highest BCUT2D eigenvalue weighted by Crippen LogP contribution is 2.36. The van der Waals surface area contributed by atoms with Crippen LogP contribution in [-0.4, -0.2) is 38.8 Å². The van der Waals surface area contributed by atoms with Crippen molar-refractivity contribution in [2.75, 3.05) is 13.1 Å². The fraction of sp³-hybridized carbons (Fsp3) is 0.375. The van der Waals surface area contributed by atoms with Gasteiger partial charge in [-0.2, -0.15) is 18.3 Å². The molecule has 2 aromatic rings. The summed E-state index contributed by atoms with van der Waals surface area (Å²) < 4.78 is 41.6. The van der Waals surface area contributed by atoms with E-state index in [0.29, 0.717) is 18.8 Å². The number of piperidine rings is 1. The maximum absolute atomic E-state index is 13.5. The Morgan fingerprint density at radius 3 is 2.32 bits per heavy atom. The zero-order valence-corrected chi connectivity index (χ0v) is 13.9. The average Bonchev–Trinajstić information content (AvgIpc) is 2.95. The van der Waals surface area contributed by atoms with Crippen LogP contribution in [0.3, 0.4) is 0 Å². The van der Waals surface area contributed by atoms with Crippen LogP contribution >= 0.6 is 11.6 Å². The predicted molar refractivity (Wildman–Crippen MR) is 87.3 cm³/mol. The molecule has 2 heterocycles. The lowest BCUT2D eigenvalue weighted by Crippen LogP contribution is -2.37. The average molecular weight is 373 g/mol. The van der Waals surface area contributed by atoms with E-state index in [-0.39, 0.29) is 11.0 Å². The molecule has 9 heteroatoms. The lowest BCUT2D eigenvalue weighted by molar-refractivity contribution is -0.141. The second-order valence-corrected chi connectivity index (χ2v) is 6.09. The third-order valence-electron chi connectivity index (χ3n) is 4.07. The van der Waals surface area contributed by atoms with E-state index < -0.39 is 17.4 Å². The Balaban J connectivity index is 2.15. The molecule has 1 fully saturated rings. The van der Waals surface area contributed by atoms with Gasteiger partial charge in [0.15, 0.2) is 11.5 Å². The van der Waals surface area contributed by atoms with Crippen LogP contribution in [0.5, 0.6) is 0 Å². The molecule has 1 aliphatic heterocycles. The van der Waals surface area contributed by atoms with E-state index in [1.807, 2.05) is 0 Å². The minimum atomic E-state index is -4.73. The van der Waals surface area contributed by atoms with E-state index in [1.165, 1.54) is 0 Å². The number of oxime groups is 1. The smallest absolute Gasteiger partial charge is 0.409 e. The summed E-state index contributed by atoms with van der Waals surface area (Å²) in [6.07, 6.45) is -2.13. The largest absolute Gasteiger partial charge is 0.435 e. The van der Waals surface area contributed by atoms with E-state index in [0.717, 1.165) is 23.9 Å². The van der Waals surface area contributed by atoms with Crippen molar-refractivity contribution in [1.82, 2.24) is 14.7 Å². The van der Waals surface area contributed by atoms with Crippen molar-refractivity contribution in [3.63, 3.8) is 0 Å². The van der Waals surface area contributed by atoms with Gasteiger partial charge in [-0.15, -0.1) is 0 Å². The van der Waals surface area contributed by atoms with E-state index >= 15 is 0 Å². The molecule has 0 unspecified atom stereocenters. The quantitative estimate of drug-likeness (QED) is 0.372. The van der Waals surface area contributed by atoms with E-state index in [2.05, 4.69) is 10.3 Å². The predicted octanol–water partition coefficient (Wildman–Crippen LogP) is 4.17. The van der Waals surface area contributed by atoms with Crippen molar-refractivity contribution in [1.29, 1.82) is 0 Å². The van der Waals surface area contributed by atoms with Crippen LogP contribution in [0.25, 0.3) is 5.69 Å². The molecule has 0 aliphatic carbocycles. The van der Waals surface area contributed by atoms with Gasteiger partial charge < -0.3 is 10.1 Å². The Kier molecular flexibility index (Phi) is 4.89. The number of nitrogens with zero attached hydrogens (tertiary/aromatic N) is 4. The number of rotatable bonds is 2. The number of hydrogen-bond acceptors (Lipinski definition) is 3. The summed E-state index contributed by atoms with van der Waals surface area (Å²) in [4.78, 5) is 1.61. The van der Waals surface area contributed by atoms with Crippen LogP contribution in [0, 0.1) is 0 Å². The van der Waals surface area contributed by atoms with E-state index in [1.54, 1.807) is 35.2 Å². The Labute approximate surface area is 147 Å². The number of para-hydroxylation sites is 1. The molecule has 0 amide bonds. The normalized spacial score (nSPS) is 16.3. The molecule has 1 aromatic heterocycles. The van der Waals surface area contributed by atoms with Crippen LogP contribution in [-0.2, 0) is 6.18 Å². The zero-order chi connectivity index (χ0) is 18.0. The molecule has 3 rings (SSSR count). The second-order valence-electron chi connectivity index (χ2n) is 5.73. The standard InChI is InChI=1S/C16H16ClF3N4O/c17-14-12(15(22-25)23-9-5-2-6-10-23)13(16(18,19)20)21-24(14)11-7-3-1-4-8-11/h1,3-4,7-8,25H,2,5-6,9-10H2/b22-15-. The van der Waals surface area contributed by atoms with Crippen molar-refractivity contribution in [3.8, 4) is 5.69 Å². The summed E-state index contributed by atoms with van der Waals surface area (Å²) in [6.45, 7) is 1.01. The van der Waals surface area contributed by atoms with Gasteiger partial charge in [0.05, 0.1) is 11.3 Å². The van der Waals surface area contributed by atoms with Crippen LogP contribution < -0.4 is 0 Å². The zero-order valence-electron chi connectivity index (χ0n) is 13.2. The molecule has 134 valence electrons. The molecule has 0 atom stereocenters. The fourth-order valence-corrected chi connectivity index (χ4v) is 3.22. The molecule has 1 N–H and O–H groups in total. The monoisotopic (exact) mass is 372 g/mol. The summed E-state index contributed by atoms with van der Waals surface area (Å²) >= 11 is 6.24. The maximum atomic E-state index is 13.5. The molecular weight excluding hydrogens is 357 g/mol. The summed E-state index contributed by atoms with van der Waals surface area (Å²) in [5, 5.41) is 16.0. The molecule has 1 saturated heterocycles. The third kappa shape index (κ3) is 3.44. The van der Waals surface area contributed by atoms with Crippen molar-refractivity contribution in [2.24, 2.45) is 5.16 Å². The van der Waals surface area contributed by atoms with Gasteiger partial charge in [-0.25, -0.2) is 4.68 Å². The first-order valence-electron chi connectivity index (χ1n) is 7.82. The van der Waals surface area contributed by atoms with Crippen LogP contribution in [0.15, 0.2) is 35.5 Å². The highest BCUT2D eigenvalue weighted by atomic mass is 35.5. The van der Waals surface area contributed by atoms with Crippen LogP contribution in [0.4, 0.5) is 13.2 Å². The Hall–Kier alpha value is -2.22. The second kappa shape index (κ2) is 6.95. The summed E-state index contributed by atoms with van der Waals surface area (Å²) in [6, 6.07) is 8.28. The first kappa shape index (κ1) is 17.6. The number of hydrogen-bond donors (Lipinski definition) is 1. The molecule has 0 bridgehead atoms. The Morgan fingerprint density at radius 2 is 1.76 bits per heavy atom. The van der Waals surface area contributed by atoms with Crippen molar-refractivity contribution >= 4 is 17.4 Å². The topological polar surface area (TPSA) is 53.7 Å². The molecule has 25 heavy (non-hydrogen) atoms. The molecule has 0 saturated carbocycles. The van der Waals surface area contributed by atoms with Gasteiger partial charge in [0.2, 0.25) is 0 Å². The number of benzene rings is 1. The molecule has 1 aromatic carbocycles. The molecular formula is C16H16ClF3N4O. The highest BCUT2D eigenvalue weighted by Gasteiger charge is 2.42. The molecule has 0 spiro atoms. The minimum absolute atomic E-state index is 0.195. The van der Waals surface area contributed by atoms with Gasteiger partial charge >= 0.3 is 6.18 Å². The van der Waals surface area contributed by atoms with Gasteiger partial charge in [-0.3, -0.25) is 0 Å². The maximum Gasteiger partial charge on any atom is 0.435 e. The lowest BCUT2D eigenvalue weighted by atomic mass is 10.1. The van der Waals surface area contributed by atoms with Crippen molar-refractivity contribution in [2.45, 2.75) is 25.4 Å². The lowest BCUT2D eigenvalue weighted by Gasteiger charge is -2.29. The number of likely N-dealkylation sites (tertiary alicyclic amines) is 1. The van der Waals surface area contributed by atoms with Crippen LogP contribution in [0.1, 0.15) is 30.5 Å². The van der Waals surface area contributed by atoms with Crippen molar-refractivity contribution < 1.29 is 18.4 Å². The Bertz CT molecular complexity index is 768. The molecule has 0 radical (unpaired) electrons.